The van der Waals surface area contributed by atoms with Crippen LogP contribution in [-0.2, 0) is 4.79 Å². The highest BCUT2D eigenvalue weighted by Crippen LogP contribution is 2.31. The predicted molar refractivity (Wildman–Crippen MR) is 118 cm³/mol. The molecule has 0 spiro atoms. The number of ether oxygens (including phenoxy) is 1. The maximum atomic E-state index is 12.0. The third-order valence-electron chi connectivity index (χ3n) is 4.62. The first kappa shape index (κ1) is 21.0. The second-order valence-electron chi connectivity index (χ2n) is 7.02. The Labute approximate surface area is 176 Å². The molecular weight excluding hydrogens is 388 g/mol. The van der Waals surface area contributed by atoms with E-state index < -0.39 is 0 Å². The van der Waals surface area contributed by atoms with Crippen LogP contribution in [0.5, 0.6) is 5.75 Å². The second kappa shape index (κ2) is 10.2. The van der Waals surface area contributed by atoms with E-state index in [0.29, 0.717) is 30.5 Å². The van der Waals surface area contributed by atoms with Gasteiger partial charge in [-0.05, 0) is 49.7 Å². The molecule has 1 amide bonds. The summed E-state index contributed by atoms with van der Waals surface area (Å²) >= 11 is 5.91. The van der Waals surface area contributed by atoms with E-state index in [9.17, 15) is 4.79 Å². The largest absolute Gasteiger partial charge is 0.489 e. The molecule has 0 saturated heterocycles. The van der Waals surface area contributed by atoms with Gasteiger partial charge in [-0.3, -0.25) is 4.79 Å². The number of guanidine groups is 1. The van der Waals surface area contributed by atoms with Crippen molar-refractivity contribution in [2.75, 3.05) is 25.0 Å². The number of hydrogen-bond acceptors (Lipinski definition) is 3. The van der Waals surface area contributed by atoms with Crippen LogP contribution in [0.15, 0.2) is 53.5 Å². The van der Waals surface area contributed by atoms with Gasteiger partial charge in [0.2, 0.25) is 5.91 Å². The van der Waals surface area contributed by atoms with Crippen LogP contribution in [0, 0.1) is 0 Å². The van der Waals surface area contributed by atoms with E-state index in [2.05, 4.69) is 27.0 Å². The van der Waals surface area contributed by atoms with Crippen molar-refractivity contribution >= 4 is 29.2 Å². The highest BCUT2D eigenvalue weighted by molar-refractivity contribution is 6.30. The molecule has 7 heteroatoms. The number of aliphatic imine (C=N–C) groups is 1. The molecule has 2 aromatic carbocycles. The number of carbonyl (C=O) groups is 1. The van der Waals surface area contributed by atoms with E-state index in [0.717, 1.165) is 23.5 Å². The number of fused-ring (bicyclic) bond motifs is 1. The van der Waals surface area contributed by atoms with Crippen LogP contribution in [-0.4, -0.2) is 37.6 Å². The molecule has 1 aliphatic heterocycles. The normalized spacial score (nSPS) is 17.1. The van der Waals surface area contributed by atoms with E-state index in [1.807, 2.05) is 44.2 Å². The van der Waals surface area contributed by atoms with Crippen molar-refractivity contribution in [3.63, 3.8) is 0 Å². The molecule has 0 bridgehead atoms. The monoisotopic (exact) mass is 414 g/mol. The summed E-state index contributed by atoms with van der Waals surface area (Å²) in [5.41, 5.74) is 2.04. The molecule has 1 aliphatic rings. The van der Waals surface area contributed by atoms with Crippen LogP contribution in [0.2, 0.25) is 5.02 Å². The summed E-state index contributed by atoms with van der Waals surface area (Å²) < 4.78 is 5.88. The Balaban J connectivity index is 1.58. The maximum Gasteiger partial charge on any atom is 0.225 e. The highest BCUT2D eigenvalue weighted by Gasteiger charge is 2.24. The van der Waals surface area contributed by atoms with Gasteiger partial charge in [0, 0.05) is 36.1 Å². The lowest BCUT2D eigenvalue weighted by Gasteiger charge is -2.26. The van der Waals surface area contributed by atoms with Gasteiger partial charge in [-0.25, -0.2) is 4.99 Å². The van der Waals surface area contributed by atoms with Crippen molar-refractivity contribution in [3.05, 3.63) is 59.1 Å². The number of anilines is 1. The molecule has 6 nitrogen and oxygen atoms in total. The molecule has 2 atom stereocenters. The first-order chi connectivity index (χ1) is 14.0. The first-order valence-electron chi connectivity index (χ1n) is 9.88. The van der Waals surface area contributed by atoms with Gasteiger partial charge >= 0.3 is 0 Å². The predicted octanol–water partition coefficient (Wildman–Crippen LogP) is 3.79. The summed E-state index contributed by atoms with van der Waals surface area (Å²) in [6.45, 7) is 5.87. The molecule has 2 unspecified atom stereocenters. The van der Waals surface area contributed by atoms with Gasteiger partial charge in [-0.15, -0.1) is 0 Å². The van der Waals surface area contributed by atoms with Crippen molar-refractivity contribution in [2.24, 2.45) is 4.99 Å². The molecule has 0 radical (unpaired) electrons. The Bertz CT molecular complexity index is 854. The Kier molecular flexibility index (Phi) is 7.36. The van der Waals surface area contributed by atoms with E-state index in [4.69, 9.17) is 16.3 Å². The SMILES string of the molecule is CCNC(=NCC(C)Oc1ccc(Cl)cc1)NCC1CC(=O)Nc2ccccc21. The van der Waals surface area contributed by atoms with Crippen molar-refractivity contribution in [2.45, 2.75) is 32.3 Å². The summed E-state index contributed by atoms with van der Waals surface area (Å²) in [6.07, 6.45) is 0.368. The van der Waals surface area contributed by atoms with E-state index in [1.165, 1.54) is 0 Å². The number of amides is 1. The van der Waals surface area contributed by atoms with Crippen LogP contribution in [0.1, 0.15) is 31.7 Å². The van der Waals surface area contributed by atoms with Gasteiger partial charge in [-0.1, -0.05) is 29.8 Å². The van der Waals surface area contributed by atoms with Crippen LogP contribution in [0.3, 0.4) is 0 Å². The molecule has 0 fully saturated rings. The zero-order chi connectivity index (χ0) is 20.6. The maximum absolute atomic E-state index is 12.0. The standard InChI is InChI=1S/C22H27ClN4O2/c1-3-24-22(25-13-15(2)29-18-10-8-17(23)9-11-18)26-14-16-12-21(28)27-20-7-5-4-6-19(16)20/h4-11,15-16H,3,12-14H2,1-2H3,(H,27,28)(H2,24,25,26). The van der Waals surface area contributed by atoms with E-state index >= 15 is 0 Å². The van der Waals surface area contributed by atoms with Gasteiger partial charge in [0.05, 0.1) is 6.54 Å². The Morgan fingerprint density at radius 3 is 2.76 bits per heavy atom. The van der Waals surface area contributed by atoms with E-state index in [1.54, 1.807) is 12.1 Å². The summed E-state index contributed by atoms with van der Waals surface area (Å²) in [5, 5.41) is 10.2. The molecule has 2 aromatic rings. The average Bonchev–Trinajstić information content (AvgIpc) is 2.71. The molecule has 1 heterocycles. The van der Waals surface area contributed by atoms with Crippen molar-refractivity contribution in [1.29, 1.82) is 0 Å². The number of carbonyl (C=O) groups excluding carboxylic acids is 1. The molecule has 3 N–H and O–H groups in total. The van der Waals surface area contributed by atoms with Gasteiger partial charge in [-0.2, -0.15) is 0 Å². The molecule has 0 saturated carbocycles. The molecule has 154 valence electrons. The Morgan fingerprint density at radius 2 is 2.00 bits per heavy atom. The summed E-state index contributed by atoms with van der Waals surface area (Å²) in [6, 6.07) is 15.2. The number of benzene rings is 2. The molecule has 29 heavy (non-hydrogen) atoms. The fourth-order valence-electron chi connectivity index (χ4n) is 3.25. The topological polar surface area (TPSA) is 74.8 Å². The van der Waals surface area contributed by atoms with Crippen molar-refractivity contribution < 1.29 is 9.53 Å². The highest BCUT2D eigenvalue weighted by atomic mass is 35.5. The smallest absolute Gasteiger partial charge is 0.225 e. The second-order valence-corrected chi connectivity index (χ2v) is 7.46. The van der Waals surface area contributed by atoms with Crippen LogP contribution < -0.4 is 20.7 Å². The zero-order valence-electron chi connectivity index (χ0n) is 16.7. The van der Waals surface area contributed by atoms with E-state index in [-0.39, 0.29) is 17.9 Å². The van der Waals surface area contributed by atoms with Crippen LogP contribution >= 0.6 is 11.6 Å². The van der Waals surface area contributed by atoms with Gasteiger partial charge in [0.1, 0.15) is 11.9 Å². The number of nitrogens with one attached hydrogen (secondary N) is 3. The number of halogens is 1. The fourth-order valence-corrected chi connectivity index (χ4v) is 3.37. The third-order valence-corrected chi connectivity index (χ3v) is 4.88. The zero-order valence-corrected chi connectivity index (χ0v) is 17.5. The first-order valence-corrected chi connectivity index (χ1v) is 10.3. The van der Waals surface area contributed by atoms with Gasteiger partial charge in [0.15, 0.2) is 5.96 Å². The third kappa shape index (κ3) is 6.12. The number of para-hydroxylation sites is 1. The summed E-state index contributed by atoms with van der Waals surface area (Å²) in [5.74, 6) is 1.62. The minimum Gasteiger partial charge on any atom is -0.489 e. The molecular formula is C22H27ClN4O2. The lowest BCUT2D eigenvalue weighted by atomic mass is 9.90. The number of hydrogen-bond donors (Lipinski definition) is 3. The molecule has 0 aliphatic carbocycles. The Morgan fingerprint density at radius 1 is 1.24 bits per heavy atom. The van der Waals surface area contributed by atoms with Gasteiger partial charge < -0.3 is 20.7 Å². The Hall–Kier alpha value is -2.73. The number of rotatable bonds is 7. The van der Waals surface area contributed by atoms with Crippen LogP contribution in [0.25, 0.3) is 0 Å². The fraction of sp³-hybridized carbons (Fsp3) is 0.364. The average molecular weight is 415 g/mol. The minimum atomic E-state index is -0.0900. The lowest BCUT2D eigenvalue weighted by Crippen LogP contribution is -2.41. The summed E-state index contributed by atoms with van der Waals surface area (Å²) in [7, 11) is 0. The van der Waals surface area contributed by atoms with Crippen molar-refractivity contribution in [1.82, 2.24) is 10.6 Å². The van der Waals surface area contributed by atoms with Crippen molar-refractivity contribution in [3.8, 4) is 5.75 Å². The minimum absolute atomic E-state index is 0.0439. The molecule has 0 aromatic heterocycles. The molecule has 3 rings (SSSR count). The van der Waals surface area contributed by atoms with Crippen LogP contribution in [0.4, 0.5) is 5.69 Å². The lowest BCUT2D eigenvalue weighted by molar-refractivity contribution is -0.116. The summed E-state index contributed by atoms with van der Waals surface area (Å²) in [4.78, 5) is 16.6. The van der Waals surface area contributed by atoms with Gasteiger partial charge in [0.25, 0.3) is 0 Å². The quantitative estimate of drug-likeness (QED) is 0.476. The number of nitrogens with zero attached hydrogens (tertiary/aromatic N) is 1.